The number of ether oxygens (including phenoxy) is 1. The van der Waals surface area contributed by atoms with E-state index in [0.29, 0.717) is 25.1 Å². The number of alkyl halides is 9. The first-order valence-corrected chi connectivity index (χ1v) is 14.6. The summed E-state index contributed by atoms with van der Waals surface area (Å²) in [5.41, 5.74) is 1.39. The van der Waals surface area contributed by atoms with Crippen LogP contribution in [0.1, 0.15) is 60.5 Å². The molecule has 18 heteroatoms. The molecule has 0 unspecified atom stereocenters. The van der Waals surface area contributed by atoms with Crippen LogP contribution in [-0.4, -0.2) is 66.9 Å². The molecule has 1 fully saturated rings. The van der Waals surface area contributed by atoms with E-state index in [0.717, 1.165) is 18.2 Å². The Kier molecular flexibility index (Phi) is 10.6. The van der Waals surface area contributed by atoms with Crippen molar-refractivity contribution in [2.45, 2.75) is 63.8 Å². The summed E-state index contributed by atoms with van der Waals surface area (Å²) < 4.78 is 128. The fourth-order valence-electron chi connectivity index (χ4n) is 5.33. The number of amides is 1. The van der Waals surface area contributed by atoms with E-state index in [1.807, 2.05) is 0 Å². The third-order valence-electron chi connectivity index (χ3n) is 7.62. The van der Waals surface area contributed by atoms with Crippen molar-refractivity contribution >= 4 is 17.7 Å². The third-order valence-corrected chi connectivity index (χ3v) is 7.62. The lowest BCUT2D eigenvalue weighted by atomic mass is 9.89. The standard InChI is InChI=1S/C29H34F9N7O2/c1-5-21-15-23(22-14-18(27(30,31)32)7-8-24(22)45(21)26(46)47-6-2)39-25-40-41-44(10-9-42(3)4)43(25)16-17-11-19(28(33,34)35)13-20(12-17)29(36,37)38/h7-8,11-14,21,23,41H,5-6,9-10,15-16H2,1-4H3,(H,39,40)/t21-,23+/m1/s1. The van der Waals surface area contributed by atoms with Crippen molar-refractivity contribution in [3.8, 4) is 0 Å². The molecule has 0 aromatic heterocycles. The lowest BCUT2D eigenvalue weighted by Crippen LogP contribution is -2.46. The maximum absolute atomic E-state index is 13.8. The number of guanidine groups is 1. The molecule has 0 radical (unpaired) electrons. The molecular weight excluding hydrogens is 649 g/mol. The first-order valence-electron chi connectivity index (χ1n) is 14.6. The number of carbonyl (C=O) groups excluding carboxylic acids is 1. The molecule has 1 amide bonds. The molecule has 4 rings (SSSR count). The van der Waals surface area contributed by atoms with E-state index in [9.17, 15) is 44.3 Å². The van der Waals surface area contributed by atoms with Crippen molar-refractivity contribution in [1.82, 2.24) is 26.0 Å². The number of rotatable bonds is 8. The number of hydrogen-bond acceptors (Lipinski definition) is 6. The van der Waals surface area contributed by atoms with E-state index in [1.165, 1.54) is 15.0 Å². The van der Waals surface area contributed by atoms with Crippen LogP contribution in [0.3, 0.4) is 0 Å². The maximum Gasteiger partial charge on any atom is 0.416 e. The van der Waals surface area contributed by atoms with Crippen LogP contribution in [0.25, 0.3) is 0 Å². The molecule has 47 heavy (non-hydrogen) atoms. The van der Waals surface area contributed by atoms with Crippen molar-refractivity contribution < 1.29 is 49.0 Å². The quantitative estimate of drug-likeness (QED) is 0.305. The number of hydrazine groups is 3. The SMILES string of the molecule is CCOC(=O)N1c2ccc(C(F)(F)F)cc2[C@@H](N=C2NNN(CCN(C)C)N2Cc2cc(C(F)(F)F)cc(C(F)(F)F)c2)C[C@H]1CC. The van der Waals surface area contributed by atoms with Gasteiger partial charge in [-0.3, -0.25) is 15.3 Å². The molecule has 2 N–H and O–H groups in total. The van der Waals surface area contributed by atoms with Crippen LogP contribution in [0.15, 0.2) is 41.4 Å². The molecule has 0 aliphatic carbocycles. The second-order valence-corrected chi connectivity index (χ2v) is 11.2. The van der Waals surface area contributed by atoms with Crippen LogP contribution in [0.2, 0.25) is 0 Å². The topological polar surface area (TPSA) is 75.7 Å². The summed E-state index contributed by atoms with van der Waals surface area (Å²) in [4.78, 5) is 20.6. The Hall–Kier alpha value is -3.77. The molecule has 2 aliphatic rings. The van der Waals surface area contributed by atoms with Crippen LogP contribution in [0, 0.1) is 0 Å². The molecule has 2 heterocycles. The van der Waals surface area contributed by atoms with Gasteiger partial charge in [-0.05, 0) is 75.8 Å². The van der Waals surface area contributed by atoms with Crippen molar-refractivity contribution in [2.75, 3.05) is 38.7 Å². The number of anilines is 1. The van der Waals surface area contributed by atoms with Gasteiger partial charge in [-0.1, -0.05) is 6.92 Å². The van der Waals surface area contributed by atoms with Crippen LogP contribution < -0.4 is 15.9 Å². The van der Waals surface area contributed by atoms with Crippen LogP contribution >= 0.6 is 0 Å². The minimum Gasteiger partial charge on any atom is -0.449 e. The number of aliphatic imine (C=N–C) groups is 1. The average Bonchev–Trinajstić information content (AvgIpc) is 3.34. The Morgan fingerprint density at radius 2 is 1.55 bits per heavy atom. The van der Waals surface area contributed by atoms with Gasteiger partial charge in [0, 0.05) is 24.7 Å². The Bertz CT molecular complexity index is 1430. The highest BCUT2D eigenvalue weighted by Crippen LogP contribution is 2.44. The zero-order chi connectivity index (χ0) is 34.9. The molecule has 0 bridgehead atoms. The zero-order valence-electron chi connectivity index (χ0n) is 25.8. The van der Waals surface area contributed by atoms with Crippen molar-refractivity contribution in [1.29, 1.82) is 0 Å². The monoisotopic (exact) mass is 683 g/mol. The Morgan fingerprint density at radius 3 is 2.09 bits per heavy atom. The number of nitrogens with one attached hydrogen (secondary N) is 2. The predicted octanol–water partition coefficient (Wildman–Crippen LogP) is 6.59. The molecule has 9 nitrogen and oxygen atoms in total. The normalized spacial score (nSPS) is 20.2. The number of hydrogen-bond donors (Lipinski definition) is 2. The molecule has 0 saturated carbocycles. The second-order valence-electron chi connectivity index (χ2n) is 11.2. The Morgan fingerprint density at radius 1 is 0.936 bits per heavy atom. The molecule has 2 atom stereocenters. The van der Waals surface area contributed by atoms with E-state index in [1.54, 1.807) is 32.8 Å². The Labute approximate surface area is 264 Å². The van der Waals surface area contributed by atoms with Crippen LogP contribution in [0.5, 0.6) is 0 Å². The van der Waals surface area contributed by atoms with Crippen LogP contribution in [-0.2, 0) is 29.8 Å². The number of benzene rings is 2. The lowest BCUT2D eigenvalue weighted by Gasteiger charge is -2.39. The summed E-state index contributed by atoms with van der Waals surface area (Å²) in [5.74, 6) is -0.0671. The van der Waals surface area contributed by atoms with Gasteiger partial charge in [0.2, 0.25) is 5.96 Å². The van der Waals surface area contributed by atoms with Gasteiger partial charge in [-0.2, -0.15) is 39.5 Å². The van der Waals surface area contributed by atoms with Gasteiger partial charge in [0.05, 0.1) is 41.6 Å². The molecule has 2 aromatic rings. The van der Waals surface area contributed by atoms with Gasteiger partial charge < -0.3 is 9.64 Å². The van der Waals surface area contributed by atoms with Crippen LogP contribution in [0.4, 0.5) is 50.0 Å². The number of likely N-dealkylation sites (N-methyl/N-ethyl adjacent to an activating group) is 1. The molecule has 1 saturated heterocycles. The molecular formula is C29H34F9N7O2. The van der Waals surface area contributed by atoms with Gasteiger partial charge in [-0.25, -0.2) is 9.79 Å². The highest BCUT2D eigenvalue weighted by atomic mass is 19.4. The van der Waals surface area contributed by atoms with Gasteiger partial charge in [0.25, 0.3) is 0 Å². The number of fused-ring (bicyclic) bond motifs is 1. The summed E-state index contributed by atoms with van der Waals surface area (Å²) >= 11 is 0. The van der Waals surface area contributed by atoms with Crippen molar-refractivity contribution in [3.63, 3.8) is 0 Å². The predicted molar refractivity (Wildman–Crippen MR) is 153 cm³/mol. The largest absolute Gasteiger partial charge is 0.449 e. The summed E-state index contributed by atoms with van der Waals surface area (Å²) in [6.07, 6.45) is -15.2. The first kappa shape index (κ1) is 36.1. The van der Waals surface area contributed by atoms with E-state index in [-0.39, 0.29) is 48.4 Å². The summed E-state index contributed by atoms with van der Waals surface area (Å²) in [6.45, 7) is 3.43. The van der Waals surface area contributed by atoms with E-state index >= 15 is 0 Å². The minimum absolute atomic E-state index is 0.0202. The number of carbonyl (C=O) groups is 1. The van der Waals surface area contributed by atoms with Gasteiger partial charge >= 0.3 is 24.6 Å². The van der Waals surface area contributed by atoms with E-state index < -0.39 is 59.9 Å². The zero-order valence-corrected chi connectivity index (χ0v) is 25.8. The fraction of sp³-hybridized carbons (Fsp3) is 0.517. The lowest BCUT2D eigenvalue weighted by molar-refractivity contribution is -0.143. The highest BCUT2D eigenvalue weighted by molar-refractivity contribution is 5.90. The Balaban J connectivity index is 1.82. The number of halogens is 9. The third kappa shape index (κ3) is 8.39. The van der Waals surface area contributed by atoms with Crippen molar-refractivity contribution in [2.24, 2.45) is 4.99 Å². The smallest absolute Gasteiger partial charge is 0.416 e. The molecule has 260 valence electrons. The molecule has 2 aromatic carbocycles. The van der Waals surface area contributed by atoms with Gasteiger partial charge in [0.1, 0.15) is 0 Å². The second kappa shape index (κ2) is 13.8. The van der Waals surface area contributed by atoms with Crippen molar-refractivity contribution in [3.05, 3.63) is 64.2 Å². The summed E-state index contributed by atoms with van der Waals surface area (Å²) in [7, 11) is 3.51. The van der Waals surface area contributed by atoms with Gasteiger partial charge in [-0.15, -0.1) is 10.7 Å². The number of nitrogens with zero attached hydrogens (tertiary/aromatic N) is 5. The molecule has 0 spiro atoms. The summed E-state index contributed by atoms with van der Waals surface area (Å²) in [6, 6.07) is 2.54. The maximum atomic E-state index is 13.8. The summed E-state index contributed by atoms with van der Waals surface area (Å²) in [5, 5.41) is 2.68. The minimum atomic E-state index is -5.07. The van der Waals surface area contributed by atoms with E-state index in [4.69, 9.17) is 4.74 Å². The average molecular weight is 684 g/mol. The molecule has 2 aliphatic heterocycles. The van der Waals surface area contributed by atoms with Gasteiger partial charge in [0.15, 0.2) is 0 Å². The fourth-order valence-corrected chi connectivity index (χ4v) is 5.33. The highest BCUT2D eigenvalue weighted by Gasteiger charge is 2.41. The van der Waals surface area contributed by atoms with E-state index in [2.05, 4.69) is 16.0 Å². The first-order chi connectivity index (χ1) is 21.8.